The number of thiocarbonyl (C=S) groups is 1. The van der Waals surface area contributed by atoms with Gasteiger partial charge in [-0.05, 0) is 43.0 Å². The second-order valence-electron chi connectivity index (χ2n) is 6.16. The van der Waals surface area contributed by atoms with Crippen LogP contribution >= 0.6 is 12.2 Å². The largest absolute Gasteiger partial charge is 0.442 e. The van der Waals surface area contributed by atoms with Crippen LogP contribution in [-0.4, -0.2) is 50.2 Å². The van der Waals surface area contributed by atoms with Crippen LogP contribution < -0.4 is 10.2 Å². The van der Waals surface area contributed by atoms with Crippen molar-refractivity contribution in [2.24, 2.45) is 0 Å². The minimum atomic E-state index is -2.98. The molecule has 0 unspecified atom stereocenters. The molecule has 1 aromatic rings. The molecule has 1 fully saturated rings. The van der Waals surface area contributed by atoms with Gasteiger partial charge in [-0.3, -0.25) is 4.90 Å². The van der Waals surface area contributed by atoms with Crippen molar-refractivity contribution in [3.05, 3.63) is 29.3 Å². The van der Waals surface area contributed by atoms with E-state index in [0.717, 1.165) is 16.8 Å². The Morgan fingerprint density at radius 3 is 2.75 bits per heavy atom. The van der Waals surface area contributed by atoms with E-state index in [1.807, 2.05) is 18.2 Å². The van der Waals surface area contributed by atoms with Crippen LogP contribution in [0.25, 0.3) is 0 Å². The highest BCUT2D eigenvalue weighted by Gasteiger charge is 2.32. The molecular formula is C16H20N2O4S2. The molecule has 1 atom stereocenters. The highest BCUT2D eigenvalue weighted by Crippen LogP contribution is 2.26. The van der Waals surface area contributed by atoms with Crippen molar-refractivity contribution in [1.82, 2.24) is 5.32 Å². The molecule has 3 rings (SSSR count). The molecule has 1 N–H and O–H groups in total. The molecule has 0 aromatic heterocycles. The number of carbonyl (C=O) groups excluding carboxylic acids is 1. The average molecular weight is 368 g/mol. The van der Waals surface area contributed by atoms with E-state index in [1.165, 1.54) is 0 Å². The molecule has 2 heterocycles. The topological polar surface area (TPSA) is 75.7 Å². The van der Waals surface area contributed by atoms with Crippen molar-refractivity contribution in [2.75, 3.05) is 29.5 Å². The molecular weight excluding hydrogens is 348 g/mol. The van der Waals surface area contributed by atoms with Crippen molar-refractivity contribution in [3.8, 4) is 0 Å². The maximum Gasteiger partial charge on any atom is 0.414 e. The number of aryl methyl sites for hydroxylation is 2. The van der Waals surface area contributed by atoms with Gasteiger partial charge in [-0.2, -0.15) is 0 Å². The summed E-state index contributed by atoms with van der Waals surface area (Å²) in [6, 6.07) is 5.70. The number of hydrogen-bond donors (Lipinski definition) is 1. The van der Waals surface area contributed by atoms with Crippen LogP contribution in [0.4, 0.5) is 10.5 Å². The predicted octanol–water partition coefficient (Wildman–Crippen LogP) is 1.46. The number of sulfone groups is 1. The number of rotatable bonds is 3. The smallest absolute Gasteiger partial charge is 0.414 e. The van der Waals surface area contributed by atoms with Crippen LogP contribution in [0.3, 0.4) is 0 Å². The Labute approximate surface area is 147 Å². The van der Waals surface area contributed by atoms with Crippen molar-refractivity contribution in [1.29, 1.82) is 0 Å². The number of nitrogens with one attached hydrogen (secondary N) is 1. The summed E-state index contributed by atoms with van der Waals surface area (Å²) in [5, 5.41) is 3.01. The average Bonchev–Trinajstić information content (AvgIpc) is 2.82. The van der Waals surface area contributed by atoms with E-state index in [1.54, 1.807) is 11.8 Å². The zero-order valence-electron chi connectivity index (χ0n) is 13.4. The summed E-state index contributed by atoms with van der Waals surface area (Å²) < 4.78 is 28.9. The zero-order chi connectivity index (χ0) is 17.3. The first-order valence-corrected chi connectivity index (χ1v) is 10.1. The molecule has 8 heteroatoms. The zero-order valence-corrected chi connectivity index (χ0v) is 15.1. The Balaban J connectivity index is 1.75. The fraction of sp³-hybridized carbons (Fsp3) is 0.500. The van der Waals surface area contributed by atoms with E-state index >= 15 is 0 Å². The van der Waals surface area contributed by atoms with E-state index in [2.05, 4.69) is 5.32 Å². The molecule has 2 aliphatic heterocycles. The Kier molecular flexibility index (Phi) is 4.78. The fourth-order valence-corrected chi connectivity index (χ4v) is 4.34. The lowest BCUT2D eigenvalue weighted by Crippen LogP contribution is -2.32. The molecule has 1 aromatic carbocycles. The van der Waals surface area contributed by atoms with Gasteiger partial charge < -0.3 is 10.1 Å². The van der Waals surface area contributed by atoms with E-state index in [4.69, 9.17) is 17.0 Å². The number of hydrogen-bond acceptors (Lipinski definition) is 5. The Morgan fingerprint density at radius 1 is 1.33 bits per heavy atom. The van der Waals surface area contributed by atoms with Crippen molar-refractivity contribution in [3.63, 3.8) is 0 Å². The molecule has 0 radical (unpaired) electrons. The van der Waals surface area contributed by atoms with E-state index in [-0.39, 0.29) is 23.7 Å². The van der Waals surface area contributed by atoms with Gasteiger partial charge in [0, 0.05) is 5.69 Å². The van der Waals surface area contributed by atoms with Gasteiger partial charge in [-0.15, -0.1) is 0 Å². The Bertz CT molecular complexity index is 776. The van der Waals surface area contributed by atoms with Crippen LogP contribution in [-0.2, 0) is 27.4 Å². The first-order valence-electron chi connectivity index (χ1n) is 7.89. The molecule has 24 heavy (non-hydrogen) atoms. The summed E-state index contributed by atoms with van der Waals surface area (Å²) in [7, 11) is -2.98. The number of ether oxygens (including phenoxy) is 1. The fourth-order valence-electron chi connectivity index (χ4n) is 2.99. The quantitative estimate of drug-likeness (QED) is 0.814. The second-order valence-corrected chi connectivity index (χ2v) is 9.07. The highest BCUT2D eigenvalue weighted by molar-refractivity contribution is 7.91. The normalized spacial score (nSPS) is 22.5. The lowest BCUT2D eigenvalue weighted by Gasteiger charge is -2.16. The molecule has 0 bridgehead atoms. The number of anilines is 1. The molecule has 0 spiro atoms. The van der Waals surface area contributed by atoms with Gasteiger partial charge in [0.15, 0.2) is 9.84 Å². The van der Waals surface area contributed by atoms with Gasteiger partial charge in [0.1, 0.15) is 6.10 Å². The van der Waals surface area contributed by atoms with E-state index in [0.29, 0.717) is 30.9 Å². The molecule has 1 saturated heterocycles. The third-order valence-electron chi connectivity index (χ3n) is 4.32. The number of carbonyl (C=O) groups is 1. The monoisotopic (exact) mass is 368 g/mol. The third kappa shape index (κ3) is 3.87. The van der Waals surface area contributed by atoms with Gasteiger partial charge in [-0.25, -0.2) is 13.2 Å². The van der Waals surface area contributed by atoms with Crippen LogP contribution in [0.2, 0.25) is 0 Å². The molecule has 6 nitrogen and oxygen atoms in total. The number of fused-ring (bicyclic) bond motifs is 1. The summed E-state index contributed by atoms with van der Waals surface area (Å²) in [5.74, 6) is 0.351. The summed E-state index contributed by atoms with van der Waals surface area (Å²) in [6.45, 7) is 2.72. The molecule has 1 amide bonds. The highest BCUT2D eigenvalue weighted by atomic mass is 32.2. The van der Waals surface area contributed by atoms with Gasteiger partial charge in [0.2, 0.25) is 0 Å². The molecule has 2 aliphatic rings. The van der Waals surface area contributed by atoms with Crippen LogP contribution in [0, 0.1) is 0 Å². The van der Waals surface area contributed by atoms with Gasteiger partial charge in [0.05, 0.1) is 29.6 Å². The number of benzene rings is 1. The number of amides is 1. The van der Waals surface area contributed by atoms with Crippen molar-refractivity contribution >= 4 is 38.8 Å². The summed E-state index contributed by atoms with van der Waals surface area (Å²) in [6.07, 6.45) is 0.381. The summed E-state index contributed by atoms with van der Waals surface area (Å²) in [5.41, 5.74) is 2.79. The van der Waals surface area contributed by atoms with E-state index < -0.39 is 9.84 Å². The Morgan fingerprint density at radius 2 is 2.04 bits per heavy atom. The van der Waals surface area contributed by atoms with Crippen molar-refractivity contribution in [2.45, 2.75) is 25.9 Å². The molecule has 0 saturated carbocycles. The van der Waals surface area contributed by atoms with Crippen LogP contribution in [0.15, 0.2) is 18.2 Å². The predicted molar refractivity (Wildman–Crippen MR) is 96.4 cm³/mol. The lowest BCUT2D eigenvalue weighted by molar-refractivity contribution is 0.143. The third-order valence-corrected chi connectivity index (χ3v) is 6.12. The van der Waals surface area contributed by atoms with Crippen LogP contribution in [0.1, 0.15) is 18.1 Å². The van der Waals surface area contributed by atoms with Gasteiger partial charge in [0.25, 0.3) is 0 Å². The molecule has 0 aliphatic carbocycles. The standard InChI is InChI=1S/C16H20N2O4S2/c1-11(23)17-9-15-10-18(16(19)22-15)14-3-2-12-4-6-24(20,21)7-5-13(12)8-14/h2-3,8,15H,4-7,9-10H2,1H3,(H,17,23)/t15-/m0/s1. The number of nitrogens with zero attached hydrogens (tertiary/aromatic N) is 1. The SMILES string of the molecule is CC(=S)NC[C@H]1CN(c2ccc3c(c2)CCS(=O)(=O)CC3)C(=O)O1. The maximum absolute atomic E-state index is 12.1. The van der Waals surface area contributed by atoms with Gasteiger partial charge in [-0.1, -0.05) is 18.3 Å². The molecule has 130 valence electrons. The number of cyclic esters (lactones) is 1. The minimum Gasteiger partial charge on any atom is -0.442 e. The maximum atomic E-state index is 12.1. The minimum absolute atomic E-state index is 0.161. The van der Waals surface area contributed by atoms with Gasteiger partial charge >= 0.3 is 6.09 Å². The lowest BCUT2D eigenvalue weighted by atomic mass is 10.0. The second kappa shape index (κ2) is 6.68. The Hall–Kier alpha value is -1.67. The van der Waals surface area contributed by atoms with Crippen molar-refractivity contribution < 1.29 is 17.9 Å². The first-order chi connectivity index (χ1) is 11.3. The van der Waals surface area contributed by atoms with Crippen LogP contribution in [0.5, 0.6) is 0 Å². The summed E-state index contributed by atoms with van der Waals surface area (Å²) >= 11 is 4.97. The summed E-state index contributed by atoms with van der Waals surface area (Å²) in [4.78, 5) is 14.4. The van der Waals surface area contributed by atoms with E-state index in [9.17, 15) is 13.2 Å². The first kappa shape index (κ1) is 17.2.